The molecule has 2 aromatic rings. The summed E-state index contributed by atoms with van der Waals surface area (Å²) < 4.78 is 5.79. The van der Waals surface area contributed by atoms with E-state index in [4.69, 9.17) is 15.7 Å². The van der Waals surface area contributed by atoms with Gasteiger partial charge in [-0.05, 0) is 31.4 Å². The summed E-state index contributed by atoms with van der Waals surface area (Å²) in [7, 11) is 0. The third-order valence-corrected chi connectivity index (χ3v) is 3.39. The van der Waals surface area contributed by atoms with Crippen LogP contribution in [0.2, 0.25) is 0 Å². The summed E-state index contributed by atoms with van der Waals surface area (Å²) in [4.78, 5) is 5.31. The van der Waals surface area contributed by atoms with E-state index in [1.807, 2.05) is 37.4 Å². The van der Waals surface area contributed by atoms with Crippen LogP contribution in [0.25, 0.3) is 0 Å². The van der Waals surface area contributed by atoms with Gasteiger partial charge in [0.1, 0.15) is 5.75 Å². The van der Waals surface area contributed by atoms with Gasteiger partial charge in [-0.3, -0.25) is 0 Å². The van der Waals surface area contributed by atoms with Gasteiger partial charge in [-0.2, -0.15) is 0 Å². The number of pyridine rings is 1. The summed E-state index contributed by atoms with van der Waals surface area (Å²) in [5.41, 5.74) is 6.89. The number of hydrogen-bond donors (Lipinski definition) is 2. The third-order valence-electron chi connectivity index (χ3n) is 2.62. The molecule has 0 bridgehead atoms. The van der Waals surface area contributed by atoms with Gasteiger partial charge in [-0.1, -0.05) is 17.3 Å². The molecule has 1 aromatic heterocycles. The van der Waals surface area contributed by atoms with E-state index < -0.39 is 0 Å². The second kappa shape index (κ2) is 6.29. The predicted octanol–water partition coefficient (Wildman–Crippen LogP) is 3.00. The molecular formula is C14H15N3O2S. The minimum Gasteiger partial charge on any atom is -0.438 e. The molecule has 1 aromatic carbocycles. The second-order valence-electron chi connectivity index (χ2n) is 4.07. The number of rotatable bonds is 4. The van der Waals surface area contributed by atoms with E-state index in [1.54, 1.807) is 23.9 Å². The Balaban J connectivity index is 2.36. The summed E-state index contributed by atoms with van der Waals surface area (Å²) in [6.45, 7) is 1.82. The van der Waals surface area contributed by atoms with Crippen LogP contribution in [0.3, 0.4) is 0 Å². The number of hydrogen-bond acceptors (Lipinski definition) is 5. The van der Waals surface area contributed by atoms with Gasteiger partial charge >= 0.3 is 0 Å². The maximum Gasteiger partial charge on any atom is 0.220 e. The van der Waals surface area contributed by atoms with Crippen molar-refractivity contribution in [3.05, 3.63) is 47.7 Å². The molecule has 6 heteroatoms. The normalized spacial score (nSPS) is 11.4. The average Bonchev–Trinajstić information content (AvgIpc) is 2.46. The van der Waals surface area contributed by atoms with Crippen molar-refractivity contribution < 1.29 is 9.94 Å². The lowest BCUT2D eigenvalue weighted by Gasteiger charge is -2.10. The van der Waals surface area contributed by atoms with Gasteiger partial charge in [0, 0.05) is 22.2 Å². The Hall–Kier alpha value is -2.21. The third kappa shape index (κ3) is 3.21. The van der Waals surface area contributed by atoms with E-state index in [0.717, 1.165) is 16.3 Å². The number of ether oxygens (including phenoxy) is 1. The van der Waals surface area contributed by atoms with Crippen LogP contribution in [0.4, 0.5) is 0 Å². The Labute approximate surface area is 121 Å². The van der Waals surface area contributed by atoms with Crippen LogP contribution in [0.5, 0.6) is 11.6 Å². The largest absolute Gasteiger partial charge is 0.438 e. The van der Waals surface area contributed by atoms with Crippen molar-refractivity contribution in [2.75, 3.05) is 6.26 Å². The fourth-order valence-corrected chi connectivity index (χ4v) is 2.24. The van der Waals surface area contributed by atoms with Gasteiger partial charge in [0.25, 0.3) is 0 Å². The number of aryl methyl sites for hydroxylation is 1. The lowest BCUT2D eigenvalue weighted by molar-refractivity contribution is 0.318. The zero-order valence-corrected chi connectivity index (χ0v) is 12.0. The molecule has 1 heterocycles. The molecule has 0 atom stereocenters. The number of para-hydroxylation sites is 1. The first-order chi connectivity index (χ1) is 9.63. The molecule has 2 rings (SSSR count). The monoisotopic (exact) mass is 289 g/mol. The summed E-state index contributed by atoms with van der Waals surface area (Å²) in [5.74, 6) is 1.16. The number of thioether (sulfide) groups is 1. The van der Waals surface area contributed by atoms with Crippen LogP contribution in [-0.2, 0) is 0 Å². The summed E-state index contributed by atoms with van der Waals surface area (Å²) in [5, 5.41) is 11.7. The van der Waals surface area contributed by atoms with Crippen LogP contribution >= 0.6 is 11.8 Å². The molecule has 0 spiro atoms. The predicted molar refractivity (Wildman–Crippen MR) is 79.8 cm³/mol. The van der Waals surface area contributed by atoms with E-state index >= 15 is 0 Å². The molecular weight excluding hydrogens is 274 g/mol. The van der Waals surface area contributed by atoms with Crippen LogP contribution in [0.15, 0.2) is 46.4 Å². The number of amidine groups is 1. The van der Waals surface area contributed by atoms with E-state index in [9.17, 15) is 0 Å². The lowest BCUT2D eigenvalue weighted by Crippen LogP contribution is -2.13. The molecule has 0 unspecified atom stereocenters. The first-order valence-corrected chi connectivity index (χ1v) is 7.14. The first kappa shape index (κ1) is 14.2. The zero-order chi connectivity index (χ0) is 14.5. The molecule has 0 radical (unpaired) electrons. The number of nitrogens with zero attached hydrogens (tertiary/aromatic N) is 2. The Kier molecular flexibility index (Phi) is 4.47. The smallest absolute Gasteiger partial charge is 0.220 e. The first-order valence-electron chi connectivity index (χ1n) is 5.91. The van der Waals surface area contributed by atoms with Crippen LogP contribution in [0, 0.1) is 6.92 Å². The second-order valence-corrected chi connectivity index (χ2v) is 4.92. The van der Waals surface area contributed by atoms with Crippen molar-refractivity contribution in [1.29, 1.82) is 0 Å². The van der Waals surface area contributed by atoms with Crippen molar-refractivity contribution in [3.63, 3.8) is 0 Å². The summed E-state index contributed by atoms with van der Waals surface area (Å²) in [6.07, 6.45) is 1.98. The fourth-order valence-electron chi connectivity index (χ4n) is 1.71. The quantitative estimate of drug-likeness (QED) is 0.297. The fraction of sp³-hybridized carbons (Fsp3) is 0.143. The zero-order valence-electron chi connectivity index (χ0n) is 11.2. The minimum atomic E-state index is 0.0264. The van der Waals surface area contributed by atoms with Gasteiger partial charge in [0.2, 0.25) is 5.88 Å². The highest BCUT2D eigenvalue weighted by molar-refractivity contribution is 7.98. The van der Waals surface area contributed by atoms with E-state index in [-0.39, 0.29) is 5.84 Å². The SMILES string of the molecule is CSc1ccccc1Oc1cc(/C(N)=N/O)cc(C)n1. The summed E-state index contributed by atoms with van der Waals surface area (Å²) >= 11 is 1.59. The number of nitrogens with two attached hydrogens (primary N) is 1. The highest BCUT2D eigenvalue weighted by Crippen LogP contribution is 2.30. The number of oxime groups is 1. The number of benzene rings is 1. The molecule has 0 fully saturated rings. The van der Waals surface area contributed by atoms with Crippen molar-refractivity contribution in [2.24, 2.45) is 10.9 Å². The van der Waals surface area contributed by atoms with E-state index in [0.29, 0.717) is 11.4 Å². The van der Waals surface area contributed by atoms with Crippen molar-refractivity contribution in [1.82, 2.24) is 4.98 Å². The maximum absolute atomic E-state index is 8.74. The van der Waals surface area contributed by atoms with Crippen molar-refractivity contribution >= 4 is 17.6 Å². The van der Waals surface area contributed by atoms with E-state index in [1.165, 1.54) is 0 Å². The van der Waals surface area contributed by atoms with Crippen LogP contribution < -0.4 is 10.5 Å². The topological polar surface area (TPSA) is 80.7 Å². The van der Waals surface area contributed by atoms with Crippen molar-refractivity contribution in [2.45, 2.75) is 11.8 Å². The van der Waals surface area contributed by atoms with Gasteiger partial charge in [-0.25, -0.2) is 4.98 Å². The maximum atomic E-state index is 8.74. The highest BCUT2D eigenvalue weighted by atomic mass is 32.2. The molecule has 20 heavy (non-hydrogen) atoms. The van der Waals surface area contributed by atoms with Gasteiger partial charge in [0.15, 0.2) is 5.84 Å². The summed E-state index contributed by atoms with van der Waals surface area (Å²) in [6, 6.07) is 11.1. The van der Waals surface area contributed by atoms with E-state index in [2.05, 4.69) is 10.1 Å². The molecule has 0 aliphatic rings. The van der Waals surface area contributed by atoms with Gasteiger partial charge in [0.05, 0.1) is 0 Å². The van der Waals surface area contributed by atoms with Crippen LogP contribution in [0.1, 0.15) is 11.3 Å². The Bertz CT molecular complexity index is 644. The lowest BCUT2D eigenvalue weighted by atomic mass is 10.2. The molecule has 0 amide bonds. The molecule has 0 aliphatic heterocycles. The van der Waals surface area contributed by atoms with Gasteiger partial charge in [-0.15, -0.1) is 11.8 Å². The Morgan fingerprint density at radius 3 is 2.80 bits per heavy atom. The molecule has 0 saturated carbocycles. The highest BCUT2D eigenvalue weighted by Gasteiger charge is 2.08. The molecule has 0 saturated heterocycles. The molecule has 5 nitrogen and oxygen atoms in total. The minimum absolute atomic E-state index is 0.0264. The number of aromatic nitrogens is 1. The molecule has 0 aliphatic carbocycles. The Morgan fingerprint density at radius 2 is 2.10 bits per heavy atom. The van der Waals surface area contributed by atoms with Gasteiger partial charge < -0.3 is 15.7 Å². The standard InChI is InChI=1S/C14H15N3O2S/c1-9-7-10(14(15)17-18)8-13(16-9)19-11-5-3-4-6-12(11)20-2/h3-8,18H,1-2H3,(H2,15,17). The average molecular weight is 289 g/mol. The Morgan fingerprint density at radius 1 is 1.35 bits per heavy atom. The van der Waals surface area contributed by atoms with Crippen LogP contribution in [-0.4, -0.2) is 22.3 Å². The van der Waals surface area contributed by atoms with Crippen molar-refractivity contribution in [3.8, 4) is 11.6 Å². The molecule has 104 valence electrons. The molecule has 3 N–H and O–H groups in total.